The number of allylic oxidation sites excluding steroid dienone is 1. The van der Waals surface area contributed by atoms with Crippen molar-refractivity contribution in [3.8, 4) is 5.75 Å². The summed E-state index contributed by atoms with van der Waals surface area (Å²) in [6.45, 7) is 16.1. The first-order chi connectivity index (χ1) is 17.7. The van der Waals surface area contributed by atoms with Crippen LogP contribution >= 0.6 is 11.3 Å². The number of aromatic hydroxyl groups is 1. The Morgan fingerprint density at radius 3 is 2.18 bits per heavy atom. The Morgan fingerprint density at radius 1 is 1.08 bits per heavy atom. The van der Waals surface area contributed by atoms with Gasteiger partial charge in [0.15, 0.2) is 4.80 Å². The molecular weight excluding hydrogens is 496 g/mol. The number of ether oxygens (including phenoxy) is 1. The second kappa shape index (κ2) is 10.0. The second-order valence-corrected chi connectivity index (χ2v) is 12.7. The van der Waals surface area contributed by atoms with Crippen molar-refractivity contribution >= 4 is 23.4 Å². The second-order valence-electron chi connectivity index (χ2n) is 11.7. The number of thiazole rings is 1. The van der Waals surface area contributed by atoms with Gasteiger partial charge in [-0.1, -0.05) is 83.2 Å². The minimum atomic E-state index is -0.635. The van der Waals surface area contributed by atoms with E-state index in [-0.39, 0.29) is 23.0 Å². The molecule has 0 aliphatic carbocycles. The lowest BCUT2D eigenvalue weighted by molar-refractivity contribution is -0.139. The van der Waals surface area contributed by atoms with Gasteiger partial charge >= 0.3 is 5.97 Å². The van der Waals surface area contributed by atoms with Gasteiger partial charge in [0, 0.05) is 11.1 Å². The summed E-state index contributed by atoms with van der Waals surface area (Å²) in [5.74, 6) is -0.178. The van der Waals surface area contributed by atoms with Gasteiger partial charge < -0.3 is 9.84 Å². The quantitative estimate of drug-likeness (QED) is 0.474. The lowest BCUT2D eigenvalue weighted by atomic mass is 9.78. The lowest BCUT2D eigenvalue weighted by Gasteiger charge is -2.27. The third-order valence-electron chi connectivity index (χ3n) is 6.68. The summed E-state index contributed by atoms with van der Waals surface area (Å²) in [6, 6.07) is 12.8. The molecule has 0 fully saturated rings. The smallest absolute Gasteiger partial charge is 0.338 e. The van der Waals surface area contributed by atoms with Crippen LogP contribution in [0, 0.1) is 0 Å². The first kappa shape index (κ1) is 27.6. The Hall–Kier alpha value is -3.45. The monoisotopic (exact) mass is 532 g/mol. The molecule has 1 atom stereocenters. The van der Waals surface area contributed by atoms with Crippen LogP contribution in [0.2, 0.25) is 0 Å². The van der Waals surface area contributed by atoms with Gasteiger partial charge in [-0.2, -0.15) is 0 Å². The minimum absolute atomic E-state index is 0.223. The van der Waals surface area contributed by atoms with E-state index in [4.69, 9.17) is 4.74 Å². The van der Waals surface area contributed by atoms with Crippen molar-refractivity contribution < 1.29 is 14.6 Å². The number of benzene rings is 2. The van der Waals surface area contributed by atoms with E-state index in [0.717, 1.165) is 22.3 Å². The van der Waals surface area contributed by atoms with Gasteiger partial charge in [-0.05, 0) is 54.0 Å². The molecule has 200 valence electrons. The van der Waals surface area contributed by atoms with Crippen LogP contribution in [0.25, 0.3) is 6.08 Å². The molecule has 1 aromatic heterocycles. The normalized spacial score (nSPS) is 16.3. The third kappa shape index (κ3) is 5.12. The van der Waals surface area contributed by atoms with Crippen LogP contribution in [-0.4, -0.2) is 22.2 Å². The number of fused-ring (bicyclic) bond motifs is 1. The van der Waals surface area contributed by atoms with Gasteiger partial charge in [-0.15, -0.1) is 0 Å². The highest BCUT2D eigenvalue weighted by atomic mass is 32.1. The molecule has 6 nitrogen and oxygen atoms in total. The number of nitrogens with zero attached hydrogens (tertiary/aromatic N) is 2. The van der Waals surface area contributed by atoms with Crippen molar-refractivity contribution in [3.63, 3.8) is 0 Å². The standard InChI is InChI=1S/C31H36N2O4S/c1-9-37-28(36)24-18(2)32-29-33(25(24)20-13-11-10-12-14-20)27(35)23(38-29)17-19-15-21(30(3,4)5)26(34)22(16-19)31(6,7)8/h10-17,25,34H,9H2,1-8H3/b23-17-. The number of aromatic nitrogens is 1. The highest BCUT2D eigenvalue weighted by Crippen LogP contribution is 2.40. The number of carbonyl (C=O) groups is 1. The fraction of sp³-hybridized carbons (Fsp3) is 0.387. The Morgan fingerprint density at radius 2 is 1.66 bits per heavy atom. The van der Waals surface area contributed by atoms with E-state index >= 15 is 0 Å². The fourth-order valence-electron chi connectivity index (χ4n) is 4.78. The molecule has 1 aliphatic heterocycles. The van der Waals surface area contributed by atoms with E-state index in [0.29, 0.717) is 26.4 Å². The van der Waals surface area contributed by atoms with E-state index in [2.05, 4.69) is 46.5 Å². The molecule has 7 heteroatoms. The topological polar surface area (TPSA) is 80.9 Å². The van der Waals surface area contributed by atoms with Crippen LogP contribution in [0.15, 0.2) is 63.5 Å². The molecule has 4 rings (SSSR count). The van der Waals surface area contributed by atoms with E-state index in [1.807, 2.05) is 48.5 Å². The average Bonchev–Trinajstić information content (AvgIpc) is 3.12. The van der Waals surface area contributed by atoms with Gasteiger partial charge in [-0.25, -0.2) is 9.79 Å². The molecule has 2 aromatic carbocycles. The summed E-state index contributed by atoms with van der Waals surface area (Å²) in [5.41, 5.74) is 3.40. The number of hydrogen-bond donors (Lipinski definition) is 1. The van der Waals surface area contributed by atoms with Gasteiger partial charge in [-0.3, -0.25) is 9.36 Å². The summed E-state index contributed by atoms with van der Waals surface area (Å²) >= 11 is 1.30. The van der Waals surface area contributed by atoms with Gasteiger partial charge in [0.05, 0.1) is 28.5 Å². The Balaban J connectivity index is 1.99. The molecule has 0 saturated carbocycles. The largest absolute Gasteiger partial charge is 0.507 e. The van der Waals surface area contributed by atoms with Crippen LogP contribution in [0.5, 0.6) is 5.75 Å². The number of phenolic OH excluding ortho intramolecular Hbond substituents is 1. The van der Waals surface area contributed by atoms with Crippen molar-refractivity contribution in [1.82, 2.24) is 4.57 Å². The highest BCUT2D eigenvalue weighted by molar-refractivity contribution is 7.07. The fourth-order valence-corrected chi connectivity index (χ4v) is 5.82. The van der Waals surface area contributed by atoms with Gasteiger partial charge in [0.2, 0.25) is 0 Å². The van der Waals surface area contributed by atoms with Gasteiger partial charge in [0.1, 0.15) is 5.75 Å². The summed E-state index contributed by atoms with van der Waals surface area (Å²) in [7, 11) is 0. The zero-order valence-electron chi connectivity index (χ0n) is 23.4. The van der Waals surface area contributed by atoms with E-state index in [1.165, 1.54) is 11.3 Å². The lowest BCUT2D eigenvalue weighted by Crippen LogP contribution is -2.39. The van der Waals surface area contributed by atoms with Crippen molar-refractivity contribution in [2.75, 3.05) is 6.61 Å². The molecule has 0 bridgehead atoms. The van der Waals surface area contributed by atoms with E-state index in [1.54, 1.807) is 18.4 Å². The maximum atomic E-state index is 13.9. The maximum absolute atomic E-state index is 13.9. The predicted molar refractivity (Wildman–Crippen MR) is 152 cm³/mol. The molecule has 38 heavy (non-hydrogen) atoms. The van der Waals surface area contributed by atoms with Gasteiger partial charge in [0.25, 0.3) is 5.56 Å². The Kier molecular flexibility index (Phi) is 7.28. The highest BCUT2D eigenvalue weighted by Gasteiger charge is 2.33. The van der Waals surface area contributed by atoms with Crippen molar-refractivity contribution in [2.45, 2.75) is 72.3 Å². The molecule has 0 amide bonds. The summed E-state index contributed by atoms with van der Waals surface area (Å²) in [6.07, 6.45) is 1.86. The molecule has 1 aliphatic rings. The predicted octanol–water partition coefficient (Wildman–Crippen LogP) is 5.10. The third-order valence-corrected chi connectivity index (χ3v) is 7.66. The molecule has 1 N–H and O–H groups in total. The van der Waals surface area contributed by atoms with E-state index in [9.17, 15) is 14.7 Å². The molecule has 1 unspecified atom stereocenters. The molecule has 0 radical (unpaired) electrons. The number of carbonyl (C=O) groups excluding carboxylic acids is 1. The number of hydrogen-bond acceptors (Lipinski definition) is 6. The average molecular weight is 533 g/mol. The molecule has 0 saturated heterocycles. The van der Waals surface area contributed by atoms with Crippen LogP contribution in [0.4, 0.5) is 0 Å². The first-order valence-electron chi connectivity index (χ1n) is 12.9. The van der Waals surface area contributed by atoms with Crippen LogP contribution in [0.1, 0.15) is 83.7 Å². The SMILES string of the molecule is CCOC(=O)C1=C(C)N=c2s/c(=C\c3cc(C(C)(C)C)c(O)c(C(C)(C)C)c3)c(=O)n2C1c1ccccc1. The number of rotatable bonds is 4. The number of phenols is 1. The van der Waals surface area contributed by atoms with Crippen molar-refractivity contribution in [3.05, 3.63) is 95.7 Å². The number of esters is 1. The first-order valence-corrected chi connectivity index (χ1v) is 13.7. The zero-order valence-corrected chi connectivity index (χ0v) is 24.2. The molecule has 0 spiro atoms. The summed E-state index contributed by atoms with van der Waals surface area (Å²) in [4.78, 5) is 32.1. The van der Waals surface area contributed by atoms with Crippen molar-refractivity contribution in [1.29, 1.82) is 0 Å². The zero-order chi connectivity index (χ0) is 28.0. The summed E-state index contributed by atoms with van der Waals surface area (Å²) in [5, 5.41) is 11.1. The van der Waals surface area contributed by atoms with Crippen LogP contribution in [-0.2, 0) is 20.4 Å². The molecular formula is C31H36N2O4S. The van der Waals surface area contributed by atoms with Crippen molar-refractivity contribution in [2.24, 2.45) is 4.99 Å². The van der Waals surface area contributed by atoms with Crippen LogP contribution < -0.4 is 14.9 Å². The molecule has 3 aromatic rings. The maximum Gasteiger partial charge on any atom is 0.338 e. The Labute approximate surface area is 227 Å². The minimum Gasteiger partial charge on any atom is -0.507 e. The molecule has 2 heterocycles. The summed E-state index contributed by atoms with van der Waals surface area (Å²) < 4.78 is 7.47. The Bertz CT molecular complexity index is 1560. The van der Waals surface area contributed by atoms with E-state index < -0.39 is 12.0 Å². The van der Waals surface area contributed by atoms with Crippen LogP contribution in [0.3, 0.4) is 0 Å².